The van der Waals surface area contributed by atoms with E-state index in [2.05, 4.69) is 31.1 Å². The minimum absolute atomic E-state index is 0.105. The first kappa shape index (κ1) is 16.3. The number of pyridine rings is 1. The van der Waals surface area contributed by atoms with Crippen LogP contribution in [-0.4, -0.2) is 26.3 Å². The van der Waals surface area contributed by atoms with Gasteiger partial charge in [0.2, 0.25) is 0 Å². The first-order valence-corrected chi connectivity index (χ1v) is 8.25. The molecule has 2 N–H and O–H groups in total. The molecule has 0 unspecified atom stereocenters. The van der Waals surface area contributed by atoms with Crippen molar-refractivity contribution in [3.05, 3.63) is 23.9 Å². The standard InChI is InChI=1S/C16H24N2O2S/c1-15(2,3)21-13-10-12(6-9-17-13)11-18-14(19)16(20)7-4-5-8-16/h6,9-10,20H,4-5,7-8,11H2,1-3H3,(H,18,19). The number of nitrogens with zero attached hydrogens (tertiary/aromatic N) is 1. The third kappa shape index (κ3) is 4.71. The van der Waals surface area contributed by atoms with E-state index < -0.39 is 5.60 Å². The summed E-state index contributed by atoms with van der Waals surface area (Å²) >= 11 is 1.70. The molecular weight excluding hydrogens is 284 g/mol. The molecule has 1 heterocycles. The quantitative estimate of drug-likeness (QED) is 0.840. The molecule has 1 amide bonds. The molecule has 0 saturated heterocycles. The Hall–Kier alpha value is -1.07. The van der Waals surface area contributed by atoms with Gasteiger partial charge in [-0.1, -0.05) is 20.8 Å². The summed E-state index contributed by atoms with van der Waals surface area (Å²) in [6, 6.07) is 3.89. The van der Waals surface area contributed by atoms with Gasteiger partial charge in [-0.25, -0.2) is 4.98 Å². The number of amides is 1. The van der Waals surface area contributed by atoms with E-state index in [0.717, 1.165) is 23.4 Å². The Labute approximate surface area is 130 Å². The van der Waals surface area contributed by atoms with E-state index in [1.165, 1.54) is 0 Å². The highest BCUT2D eigenvalue weighted by molar-refractivity contribution is 8.00. The van der Waals surface area contributed by atoms with E-state index in [1.54, 1.807) is 18.0 Å². The number of nitrogens with one attached hydrogen (secondary N) is 1. The van der Waals surface area contributed by atoms with Crippen molar-refractivity contribution in [2.75, 3.05) is 0 Å². The lowest BCUT2D eigenvalue weighted by atomic mass is 10.0. The lowest BCUT2D eigenvalue weighted by Gasteiger charge is -2.21. The molecule has 5 heteroatoms. The van der Waals surface area contributed by atoms with E-state index in [0.29, 0.717) is 19.4 Å². The van der Waals surface area contributed by atoms with Crippen molar-refractivity contribution in [3.63, 3.8) is 0 Å². The van der Waals surface area contributed by atoms with Crippen LogP contribution in [0.5, 0.6) is 0 Å². The molecule has 0 atom stereocenters. The molecule has 116 valence electrons. The zero-order valence-corrected chi connectivity index (χ0v) is 13.8. The molecule has 4 nitrogen and oxygen atoms in total. The maximum Gasteiger partial charge on any atom is 0.252 e. The Morgan fingerprint density at radius 2 is 2.10 bits per heavy atom. The average molecular weight is 308 g/mol. The summed E-state index contributed by atoms with van der Waals surface area (Å²) in [5, 5.41) is 14.0. The summed E-state index contributed by atoms with van der Waals surface area (Å²) in [4.78, 5) is 16.4. The van der Waals surface area contributed by atoms with Crippen LogP contribution < -0.4 is 5.32 Å². The van der Waals surface area contributed by atoms with Crippen LogP contribution in [0.15, 0.2) is 23.4 Å². The molecule has 1 aliphatic rings. The van der Waals surface area contributed by atoms with Gasteiger partial charge in [0.1, 0.15) is 5.60 Å². The second kappa shape index (κ2) is 6.36. The number of aromatic nitrogens is 1. The fourth-order valence-electron chi connectivity index (χ4n) is 2.46. The lowest BCUT2D eigenvalue weighted by Crippen LogP contribution is -2.44. The molecule has 2 rings (SSSR count). The monoisotopic (exact) mass is 308 g/mol. The van der Waals surface area contributed by atoms with Crippen molar-refractivity contribution >= 4 is 17.7 Å². The summed E-state index contributed by atoms with van der Waals surface area (Å²) in [5.41, 5.74) is -0.151. The highest BCUT2D eigenvalue weighted by atomic mass is 32.2. The third-order valence-corrected chi connectivity index (χ3v) is 4.56. The zero-order valence-electron chi connectivity index (χ0n) is 13.0. The van der Waals surface area contributed by atoms with Crippen LogP contribution in [0.3, 0.4) is 0 Å². The van der Waals surface area contributed by atoms with Crippen LogP contribution in [0.4, 0.5) is 0 Å². The fourth-order valence-corrected chi connectivity index (χ4v) is 3.42. The van der Waals surface area contributed by atoms with Gasteiger partial charge in [-0.2, -0.15) is 0 Å². The summed E-state index contributed by atoms with van der Waals surface area (Å²) in [5.74, 6) is -0.248. The topological polar surface area (TPSA) is 62.2 Å². The van der Waals surface area contributed by atoms with Crippen molar-refractivity contribution in [1.29, 1.82) is 0 Å². The van der Waals surface area contributed by atoms with Gasteiger partial charge in [0.25, 0.3) is 5.91 Å². The SMILES string of the molecule is CC(C)(C)Sc1cc(CNC(=O)C2(O)CCCC2)ccn1. The number of rotatable bonds is 4. The maximum absolute atomic E-state index is 12.1. The van der Waals surface area contributed by atoms with E-state index in [4.69, 9.17) is 0 Å². The average Bonchev–Trinajstić information content (AvgIpc) is 2.83. The molecule has 0 bridgehead atoms. The highest BCUT2D eigenvalue weighted by Crippen LogP contribution is 2.31. The van der Waals surface area contributed by atoms with Gasteiger partial charge in [0.15, 0.2) is 0 Å². The number of hydrogen-bond acceptors (Lipinski definition) is 4. The van der Waals surface area contributed by atoms with E-state index in [1.807, 2.05) is 12.1 Å². The molecule has 0 spiro atoms. The Balaban J connectivity index is 1.94. The van der Waals surface area contributed by atoms with Crippen LogP contribution in [0.2, 0.25) is 0 Å². The molecule has 0 radical (unpaired) electrons. The van der Waals surface area contributed by atoms with E-state index in [-0.39, 0.29) is 10.7 Å². The van der Waals surface area contributed by atoms with Crippen molar-refractivity contribution < 1.29 is 9.90 Å². The number of aliphatic hydroxyl groups is 1. The second-order valence-electron chi connectivity index (χ2n) is 6.64. The second-order valence-corrected chi connectivity index (χ2v) is 8.49. The summed E-state index contributed by atoms with van der Waals surface area (Å²) in [7, 11) is 0. The Morgan fingerprint density at radius 3 is 2.71 bits per heavy atom. The number of carbonyl (C=O) groups excluding carboxylic acids is 1. The van der Waals surface area contributed by atoms with Crippen molar-refractivity contribution in [3.8, 4) is 0 Å². The van der Waals surface area contributed by atoms with Crippen molar-refractivity contribution in [2.24, 2.45) is 0 Å². The third-order valence-electron chi connectivity index (χ3n) is 3.52. The van der Waals surface area contributed by atoms with Crippen molar-refractivity contribution in [1.82, 2.24) is 10.3 Å². The van der Waals surface area contributed by atoms with Gasteiger partial charge >= 0.3 is 0 Å². The van der Waals surface area contributed by atoms with Crippen molar-refractivity contribution in [2.45, 2.75) is 68.4 Å². The summed E-state index contributed by atoms with van der Waals surface area (Å²) in [6.07, 6.45) is 4.75. The lowest BCUT2D eigenvalue weighted by molar-refractivity contribution is -0.139. The maximum atomic E-state index is 12.1. The minimum Gasteiger partial charge on any atom is -0.380 e. The summed E-state index contributed by atoms with van der Waals surface area (Å²) < 4.78 is 0.105. The highest BCUT2D eigenvalue weighted by Gasteiger charge is 2.38. The molecule has 1 fully saturated rings. The van der Waals surface area contributed by atoms with Crippen LogP contribution in [-0.2, 0) is 11.3 Å². The zero-order chi connectivity index (χ0) is 15.5. The number of carbonyl (C=O) groups is 1. The smallest absolute Gasteiger partial charge is 0.252 e. The Morgan fingerprint density at radius 1 is 1.43 bits per heavy atom. The van der Waals surface area contributed by atoms with E-state index >= 15 is 0 Å². The fraction of sp³-hybridized carbons (Fsp3) is 0.625. The molecule has 1 aromatic rings. The van der Waals surface area contributed by atoms with Gasteiger partial charge in [0.05, 0.1) is 5.03 Å². The van der Waals surface area contributed by atoms with Crippen LogP contribution in [0, 0.1) is 0 Å². The largest absolute Gasteiger partial charge is 0.380 e. The number of thioether (sulfide) groups is 1. The van der Waals surface area contributed by atoms with Crippen LogP contribution in [0.25, 0.3) is 0 Å². The first-order valence-electron chi connectivity index (χ1n) is 7.43. The van der Waals surface area contributed by atoms with E-state index in [9.17, 15) is 9.90 Å². The molecule has 1 aromatic heterocycles. The molecule has 0 aliphatic heterocycles. The van der Waals surface area contributed by atoms with Crippen LogP contribution in [0.1, 0.15) is 52.0 Å². The van der Waals surface area contributed by atoms with Gasteiger partial charge in [-0.15, -0.1) is 11.8 Å². The number of hydrogen-bond donors (Lipinski definition) is 2. The Bertz CT molecular complexity index is 505. The molecule has 1 aliphatic carbocycles. The van der Waals surface area contributed by atoms with Crippen LogP contribution >= 0.6 is 11.8 Å². The van der Waals surface area contributed by atoms with Gasteiger partial charge < -0.3 is 10.4 Å². The predicted octanol–water partition coefficient (Wildman–Crippen LogP) is 2.89. The molecule has 21 heavy (non-hydrogen) atoms. The molecule has 1 saturated carbocycles. The predicted molar refractivity (Wildman–Crippen MR) is 85.1 cm³/mol. The molecule has 0 aromatic carbocycles. The minimum atomic E-state index is -1.16. The normalized spacial score (nSPS) is 17.7. The molecular formula is C16H24N2O2S. The van der Waals surface area contributed by atoms with Gasteiger partial charge in [-0.3, -0.25) is 4.79 Å². The van der Waals surface area contributed by atoms with Gasteiger partial charge in [0, 0.05) is 17.5 Å². The van der Waals surface area contributed by atoms with Gasteiger partial charge in [-0.05, 0) is 43.4 Å². The summed E-state index contributed by atoms with van der Waals surface area (Å²) in [6.45, 7) is 6.86. The Kier molecular flexibility index (Phi) is 4.94. The first-order chi connectivity index (χ1) is 9.78.